The van der Waals surface area contributed by atoms with Gasteiger partial charge in [0.15, 0.2) is 0 Å². The number of hydrogen-bond donors (Lipinski definition) is 1. The van der Waals surface area contributed by atoms with Crippen molar-refractivity contribution in [1.29, 1.82) is 0 Å². The molecule has 0 fully saturated rings. The van der Waals surface area contributed by atoms with E-state index in [9.17, 15) is 0 Å². The lowest BCUT2D eigenvalue weighted by Crippen LogP contribution is -2.07. The van der Waals surface area contributed by atoms with Crippen molar-refractivity contribution in [2.24, 2.45) is 0 Å². The quantitative estimate of drug-likeness (QED) is 0.576. The second-order valence-corrected chi connectivity index (χ2v) is 7.64. The minimum absolute atomic E-state index is 0.717. The first-order chi connectivity index (χ1) is 12.7. The third kappa shape index (κ3) is 3.21. The van der Waals surface area contributed by atoms with Gasteiger partial charge in [-0.1, -0.05) is 27.5 Å². The van der Waals surface area contributed by atoms with Gasteiger partial charge >= 0.3 is 0 Å². The van der Waals surface area contributed by atoms with E-state index in [0.717, 1.165) is 58.8 Å². The number of methoxy groups -OCH3 is 1. The summed E-state index contributed by atoms with van der Waals surface area (Å²) in [4.78, 5) is 0. The summed E-state index contributed by atoms with van der Waals surface area (Å²) in [6.07, 6.45) is 3.26. The Bertz CT molecular complexity index is 937. The Balaban J connectivity index is 1.93. The van der Waals surface area contributed by atoms with Crippen LogP contribution in [-0.4, -0.2) is 23.4 Å². The van der Waals surface area contributed by atoms with Crippen molar-refractivity contribution < 1.29 is 4.74 Å². The molecule has 0 spiro atoms. The summed E-state index contributed by atoms with van der Waals surface area (Å²) in [5.41, 5.74) is 4.17. The van der Waals surface area contributed by atoms with Crippen molar-refractivity contribution >= 4 is 33.3 Å². The molecular formula is C20H19BrClN3O. The van der Waals surface area contributed by atoms with Gasteiger partial charge in [0.05, 0.1) is 12.8 Å². The average Bonchev–Trinajstić information content (AvgIpc) is 2.84. The van der Waals surface area contributed by atoms with Crippen LogP contribution in [0.2, 0.25) is 5.02 Å². The van der Waals surface area contributed by atoms with Crippen LogP contribution in [0.1, 0.15) is 18.4 Å². The van der Waals surface area contributed by atoms with Crippen LogP contribution in [0.15, 0.2) is 46.9 Å². The number of hydrogen-bond acceptors (Lipinski definition) is 3. The molecule has 6 heteroatoms. The van der Waals surface area contributed by atoms with Crippen LogP contribution < -0.4 is 10.1 Å². The fraction of sp³-hybridized carbons (Fsp3) is 0.250. The molecule has 0 amide bonds. The van der Waals surface area contributed by atoms with Crippen molar-refractivity contribution in [3.8, 4) is 22.7 Å². The maximum Gasteiger partial charge on any atom is 0.133 e. The Hall–Kier alpha value is -1.98. The monoisotopic (exact) mass is 431 g/mol. The maximum absolute atomic E-state index is 6.06. The summed E-state index contributed by atoms with van der Waals surface area (Å²) < 4.78 is 8.58. The Kier molecular flexibility index (Phi) is 4.92. The van der Waals surface area contributed by atoms with E-state index in [1.807, 2.05) is 41.1 Å². The molecule has 1 aromatic heterocycles. The zero-order chi connectivity index (χ0) is 18.1. The summed E-state index contributed by atoms with van der Waals surface area (Å²) in [6, 6.07) is 13.8. The molecule has 0 saturated heterocycles. The summed E-state index contributed by atoms with van der Waals surface area (Å²) in [5, 5.41) is 9.24. The Morgan fingerprint density at radius 2 is 1.96 bits per heavy atom. The Morgan fingerprint density at radius 3 is 2.73 bits per heavy atom. The minimum Gasteiger partial charge on any atom is -0.496 e. The van der Waals surface area contributed by atoms with Gasteiger partial charge in [0.2, 0.25) is 0 Å². The molecule has 0 bridgehead atoms. The maximum atomic E-state index is 6.06. The molecule has 0 atom stereocenters. The first kappa shape index (κ1) is 17.4. The third-order valence-electron chi connectivity index (χ3n) is 4.62. The number of ether oxygens (including phenoxy) is 1. The van der Waals surface area contributed by atoms with Gasteiger partial charge in [0, 0.05) is 27.2 Å². The molecule has 0 saturated carbocycles. The second-order valence-electron chi connectivity index (χ2n) is 6.29. The third-order valence-corrected chi connectivity index (χ3v) is 5.36. The number of rotatable bonds is 3. The molecular weight excluding hydrogens is 414 g/mol. The molecule has 2 heterocycles. The number of aromatic nitrogens is 2. The molecule has 0 unspecified atom stereocenters. The van der Waals surface area contributed by atoms with Crippen LogP contribution in [-0.2, 0) is 6.42 Å². The fourth-order valence-corrected chi connectivity index (χ4v) is 3.84. The minimum atomic E-state index is 0.717. The molecule has 1 aliphatic rings. The van der Waals surface area contributed by atoms with Gasteiger partial charge in [-0.05, 0) is 61.7 Å². The van der Waals surface area contributed by atoms with Crippen LogP contribution in [0, 0.1) is 0 Å². The van der Waals surface area contributed by atoms with E-state index in [1.54, 1.807) is 7.11 Å². The van der Waals surface area contributed by atoms with Gasteiger partial charge in [-0.2, -0.15) is 5.10 Å². The molecule has 134 valence electrons. The van der Waals surface area contributed by atoms with E-state index in [4.69, 9.17) is 21.4 Å². The smallest absolute Gasteiger partial charge is 0.133 e. The van der Waals surface area contributed by atoms with Gasteiger partial charge < -0.3 is 10.1 Å². The number of nitrogens with one attached hydrogen (secondary N) is 1. The molecule has 0 aliphatic carbocycles. The van der Waals surface area contributed by atoms with E-state index in [1.165, 1.54) is 5.56 Å². The SMILES string of the molecule is COc1ccc(Br)cc1-c1nn(-c2ccc(Cl)cc2)c2c1CCCCN2. The largest absolute Gasteiger partial charge is 0.496 e. The summed E-state index contributed by atoms with van der Waals surface area (Å²) >= 11 is 9.63. The molecule has 2 aromatic carbocycles. The Morgan fingerprint density at radius 1 is 1.15 bits per heavy atom. The predicted molar refractivity (Wildman–Crippen MR) is 110 cm³/mol. The lowest BCUT2D eigenvalue weighted by molar-refractivity contribution is 0.416. The van der Waals surface area contributed by atoms with Crippen LogP contribution in [0.3, 0.4) is 0 Å². The highest BCUT2D eigenvalue weighted by molar-refractivity contribution is 9.10. The molecule has 1 N–H and O–H groups in total. The lowest BCUT2D eigenvalue weighted by atomic mass is 10.0. The van der Waals surface area contributed by atoms with Crippen molar-refractivity contribution in [2.45, 2.75) is 19.3 Å². The number of fused-ring (bicyclic) bond motifs is 1. The van der Waals surface area contributed by atoms with Crippen molar-refractivity contribution in [2.75, 3.05) is 19.0 Å². The van der Waals surface area contributed by atoms with Gasteiger partial charge in [-0.25, -0.2) is 4.68 Å². The topological polar surface area (TPSA) is 39.1 Å². The van der Waals surface area contributed by atoms with Gasteiger partial charge in [0.1, 0.15) is 17.3 Å². The predicted octanol–water partition coefficient (Wildman–Crippen LogP) is 5.71. The zero-order valence-electron chi connectivity index (χ0n) is 14.4. The molecule has 4 rings (SSSR count). The summed E-state index contributed by atoms with van der Waals surface area (Å²) in [7, 11) is 1.69. The zero-order valence-corrected chi connectivity index (χ0v) is 16.8. The number of benzene rings is 2. The lowest BCUT2D eigenvalue weighted by Gasteiger charge is -2.09. The standard InChI is InChI=1S/C20H19BrClN3O/c1-26-18-10-5-13(21)12-17(18)19-16-4-2-3-11-23-20(16)25(24-19)15-8-6-14(22)7-9-15/h5-10,12,23H,2-4,11H2,1H3. The Labute approximate surface area is 166 Å². The first-order valence-electron chi connectivity index (χ1n) is 8.63. The number of nitrogens with zero attached hydrogens (tertiary/aromatic N) is 2. The van der Waals surface area contributed by atoms with Gasteiger partial charge in [-0.3, -0.25) is 0 Å². The highest BCUT2D eigenvalue weighted by Crippen LogP contribution is 2.39. The molecule has 26 heavy (non-hydrogen) atoms. The number of anilines is 1. The van der Waals surface area contributed by atoms with Crippen molar-refractivity contribution in [3.05, 3.63) is 57.5 Å². The van der Waals surface area contributed by atoms with Crippen molar-refractivity contribution in [3.63, 3.8) is 0 Å². The fourth-order valence-electron chi connectivity index (χ4n) is 3.35. The summed E-state index contributed by atoms with van der Waals surface area (Å²) in [6.45, 7) is 0.946. The molecule has 1 aliphatic heterocycles. The highest BCUT2D eigenvalue weighted by Gasteiger charge is 2.23. The van der Waals surface area contributed by atoms with E-state index >= 15 is 0 Å². The molecule has 3 aromatic rings. The van der Waals surface area contributed by atoms with Crippen LogP contribution in [0.5, 0.6) is 5.75 Å². The average molecular weight is 433 g/mol. The highest BCUT2D eigenvalue weighted by atomic mass is 79.9. The van der Waals surface area contributed by atoms with Crippen LogP contribution in [0.4, 0.5) is 5.82 Å². The first-order valence-corrected chi connectivity index (χ1v) is 9.80. The van der Waals surface area contributed by atoms with Crippen molar-refractivity contribution in [1.82, 2.24) is 9.78 Å². The van der Waals surface area contributed by atoms with E-state index in [2.05, 4.69) is 27.3 Å². The molecule has 0 radical (unpaired) electrons. The van der Waals surface area contributed by atoms with E-state index in [-0.39, 0.29) is 0 Å². The van der Waals surface area contributed by atoms with E-state index < -0.39 is 0 Å². The van der Waals surface area contributed by atoms with Gasteiger partial charge in [0.25, 0.3) is 0 Å². The molecule has 4 nitrogen and oxygen atoms in total. The van der Waals surface area contributed by atoms with Crippen LogP contribution >= 0.6 is 27.5 Å². The normalized spacial score (nSPS) is 13.7. The van der Waals surface area contributed by atoms with Crippen LogP contribution in [0.25, 0.3) is 16.9 Å². The van der Waals surface area contributed by atoms with Gasteiger partial charge in [-0.15, -0.1) is 0 Å². The summed E-state index contributed by atoms with van der Waals surface area (Å²) in [5.74, 6) is 1.88. The number of halogens is 2. The van der Waals surface area contributed by atoms with E-state index in [0.29, 0.717) is 5.02 Å². The second kappa shape index (κ2) is 7.33.